The highest BCUT2D eigenvalue weighted by Gasteiger charge is 2.22. The van der Waals surface area contributed by atoms with Gasteiger partial charge in [-0.15, -0.1) is 0 Å². The van der Waals surface area contributed by atoms with Crippen LogP contribution in [0.3, 0.4) is 0 Å². The van der Waals surface area contributed by atoms with Crippen LogP contribution in [0.4, 0.5) is 15.8 Å². The fraction of sp³-hybridized carbons (Fsp3) is 0.588. The van der Waals surface area contributed by atoms with Crippen LogP contribution in [0, 0.1) is 5.82 Å². The van der Waals surface area contributed by atoms with Crippen LogP contribution in [-0.2, 0) is 14.3 Å². The smallest absolute Gasteiger partial charge is 0.226 e. The SMILES string of the molecule is O=C(CCOC1CCOCC1)Nc1ccc(F)cc1NC1CC1. The Morgan fingerprint density at radius 3 is 2.74 bits per heavy atom. The highest BCUT2D eigenvalue weighted by atomic mass is 19.1. The lowest BCUT2D eigenvalue weighted by atomic mass is 10.1. The molecular formula is C17H23FN2O3. The van der Waals surface area contributed by atoms with Crippen LogP contribution in [0.5, 0.6) is 0 Å². The van der Waals surface area contributed by atoms with Crippen LogP contribution in [0.2, 0.25) is 0 Å². The molecule has 1 heterocycles. The van der Waals surface area contributed by atoms with Crippen LogP contribution in [-0.4, -0.2) is 37.9 Å². The van der Waals surface area contributed by atoms with E-state index in [1.807, 2.05) is 0 Å². The molecule has 2 aliphatic rings. The number of carbonyl (C=O) groups is 1. The molecule has 1 aromatic carbocycles. The summed E-state index contributed by atoms with van der Waals surface area (Å²) in [6, 6.07) is 4.76. The Morgan fingerprint density at radius 1 is 1.22 bits per heavy atom. The summed E-state index contributed by atoms with van der Waals surface area (Å²) in [6.07, 6.45) is 4.42. The number of benzene rings is 1. The summed E-state index contributed by atoms with van der Waals surface area (Å²) >= 11 is 0. The molecule has 0 unspecified atom stereocenters. The van der Waals surface area contributed by atoms with E-state index in [9.17, 15) is 9.18 Å². The van der Waals surface area contributed by atoms with Gasteiger partial charge in [-0.1, -0.05) is 0 Å². The number of hydrogen-bond donors (Lipinski definition) is 2. The molecule has 1 saturated carbocycles. The van der Waals surface area contributed by atoms with Gasteiger partial charge in [-0.05, 0) is 43.9 Å². The number of rotatable bonds is 7. The average Bonchev–Trinajstić information content (AvgIpc) is 3.35. The molecule has 5 nitrogen and oxygen atoms in total. The van der Waals surface area contributed by atoms with Crippen LogP contribution in [0.25, 0.3) is 0 Å². The Hall–Kier alpha value is -1.66. The highest BCUT2D eigenvalue weighted by Crippen LogP contribution is 2.30. The molecule has 0 spiro atoms. The number of anilines is 2. The Labute approximate surface area is 135 Å². The first-order chi connectivity index (χ1) is 11.2. The second-order valence-electron chi connectivity index (χ2n) is 6.09. The highest BCUT2D eigenvalue weighted by molar-refractivity contribution is 5.94. The van der Waals surface area contributed by atoms with Crippen LogP contribution in [0.15, 0.2) is 18.2 Å². The molecule has 0 radical (unpaired) electrons. The second-order valence-corrected chi connectivity index (χ2v) is 6.09. The lowest BCUT2D eigenvalue weighted by molar-refractivity contribution is -0.118. The van der Waals surface area contributed by atoms with E-state index in [-0.39, 0.29) is 24.2 Å². The van der Waals surface area contributed by atoms with Gasteiger partial charge in [-0.25, -0.2) is 4.39 Å². The standard InChI is InChI=1S/C17H23FN2O3/c18-12-1-4-15(16(11-12)19-13-2-3-13)20-17(21)7-10-23-14-5-8-22-9-6-14/h1,4,11,13-14,19H,2-3,5-10H2,(H,20,21). The van der Waals surface area contributed by atoms with E-state index >= 15 is 0 Å². The van der Waals surface area contributed by atoms with Crippen LogP contribution < -0.4 is 10.6 Å². The van der Waals surface area contributed by atoms with Gasteiger partial charge in [-0.3, -0.25) is 4.79 Å². The van der Waals surface area contributed by atoms with Gasteiger partial charge < -0.3 is 20.1 Å². The molecule has 1 aliphatic carbocycles. The van der Waals surface area contributed by atoms with Gasteiger partial charge >= 0.3 is 0 Å². The monoisotopic (exact) mass is 322 g/mol. The van der Waals surface area contributed by atoms with Gasteiger partial charge in [0.25, 0.3) is 0 Å². The summed E-state index contributed by atoms with van der Waals surface area (Å²) in [5.74, 6) is -0.434. The Morgan fingerprint density at radius 2 is 2.00 bits per heavy atom. The first-order valence-corrected chi connectivity index (χ1v) is 8.26. The summed E-state index contributed by atoms with van der Waals surface area (Å²) < 4.78 is 24.3. The Balaban J connectivity index is 1.46. The Kier molecular flexibility index (Phi) is 5.46. The maximum Gasteiger partial charge on any atom is 0.226 e. The molecule has 1 amide bonds. The molecule has 0 atom stereocenters. The van der Waals surface area contributed by atoms with Crippen molar-refractivity contribution in [1.82, 2.24) is 0 Å². The normalized spacial score (nSPS) is 18.7. The van der Waals surface area contributed by atoms with Gasteiger partial charge in [0.05, 0.1) is 30.5 Å². The van der Waals surface area contributed by atoms with E-state index in [0.717, 1.165) is 38.9 Å². The minimum Gasteiger partial charge on any atom is -0.381 e. The molecule has 2 fully saturated rings. The molecule has 6 heteroatoms. The van der Waals surface area contributed by atoms with E-state index in [0.29, 0.717) is 24.0 Å². The fourth-order valence-electron chi connectivity index (χ4n) is 2.57. The van der Waals surface area contributed by atoms with Crippen LogP contribution in [0.1, 0.15) is 32.1 Å². The quantitative estimate of drug-likeness (QED) is 0.810. The fourth-order valence-corrected chi connectivity index (χ4v) is 2.57. The van der Waals surface area contributed by atoms with Crippen molar-refractivity contribution in [2.45, 2.75) is 44.2 Å². The zero-order valence-electron chi connectivity index (χ0n) is 13.1. The third-order valence-corrected chi connectivity index (χ3v) is 4.04. The van der Waals surface area contributed by atoms with Gasteiger partial charge in [0, 0.05) is 19.3 Å². The Bertz CT molecular complexity index is 543. The van der Waals surface area contributed by atoms with Gasteiger partial charge in [0.1, 0.15) is 5.82 Å². The van der Waals surface area contributed by atoms with Crippen molar-refractivity contribution >= 4 is 17.3 Å². The molecule has 3 rings (SSSR count). The predicted octanol–water partition coefficient (Wildman–Crippen LogP) is 2.92. The lowest BCUT2D eigenvalue weighted by Gasteiger charge is -2.22. The van der Waals surface area contributed by atoms with Crippen molar-refractivity contribution in [3.63, 3.8) is 0 Å². The zero-order chi connectivity index (χ0) is 16.1. The van der Waals surface area contributed by atoms with Crippen molar-refractivity contribution in [2.24, 2.45) is 0 Å². The summed E-state index contributed by atoms with van der Waals surface area (Å²) in [5, 5.41) is 6.07. The summed E-state index contributed by atoms with van der Waals surface area (Å²) in [4.78, 5) is 12.1. The lowest BCUT2D eigenvalue weighted by Crippen LogP contribution is -2.25. The van der Waals surface area contributed by atoms with Crippen molar-refractivity contribution < 1.29 is 18.7 Å². The van der Waals surface area contributed by atoms with E-state index in [4.69, 9.17) is 9.47 Å². The predicted molar refractivity (Wildman–Crippen MR) is 86.1 cm³/mol. The molecular weight excluding hydrogens is 299 g/mol. The maximum absolute atomic E-state index is 13.4. The minimum absolute atomic E-state index is 0.123. The third-order valence-electron chi connectivity index (χ3n) is 4.04. The molecule has 0 bridgehead atoms. The molecule has 126 valence electrons. The minimum atomic E-state index is -0.311. The van der Waals surface area contributed by atoms with Gasteiger partial charge in [0.15, 0.2) is 0 Å². The zero-order valence-corrected chi connectivity index (χ0v) is 13.1. The van der Waals surface area contributed by atoms with Crippen molar-refractivity contribution in [1.29, 1.82) is 0 Å². The van der Waals surface area contributed by atoms with E-state index < -0.39 is 0 Å². The number of amides is 1. The number of ether oxygens (including phenoxy) is 2. The van der Waals surface area contributed by atoms with Gasteiger partial charge in [0.2, 0.25) is 5.91 Å². The van der Waals surface area contributed by atoms with Crippen molar-refractivity contribution in [3.05, 3.63) is 24.0 Å². The molecule has 1 aromatic rings. The van der Waals surface area contributed by atoms with Crippen LogP contribution >= 0.6 is 0 Å². The summed E-state index contributed by atoms with van der Waals surface area (Å²) in [6.45, 7) is 1.84. The first-order valence-electron chi connectivity index (χ1n) is 8.26. The van der Waals surface area contributed by atoms with Crippen molar-refractivity contribution in [2.75, 3.05) is 30.5 Å². The number of halogens is 1. The topological polar surface area (TPSA) is 59.6 Å². The molecule has 0 aromatic heterocycles. The molecule has 1 saturated heterocycles. The number of carbonyl (C=O) groups excluding carboxylic acids is 1. The molecule has 23 heavy (non-hydrogen) atoms. The molecule has 2 N–H and O–H groups in total. The first kappa shape index (κ1) is 16.2. The largest absolute Gasteiger partial charge is 0.381 e. The van der Waals surface area contributed by atoms with E-state index in [1.165, 1.54) is 12.1 Å². The maximum atomic E-state index is 13.4. The van der Waals surface area contributed by atoms with Crippen molar-refractivity contribution in [3.8, 4) is 0 Å². The summed E-state index contributed by atoms with van der Waals surface area (Å²) in [5.41, 5.74) is 1.26. The van der Waals surface area contributed by atoms with E-state index in [1.54, 1.807) is 6.07 Å². The molecule has 1 aliphatic heterocycles. The second kappa shape index (κ2) is 7.75. The van der Waals surface area contributed by atoms with Gasteiger partial charge in [-0.2, -0.15) is 0 Å². The summed E-state index contributed by atoms with van der Waals surface area (Å²) in [7, 11) is 0. The van der Waals surface area contributed by atoms with E-state index in [2.05, 4.69) is 10.6 Å². The number of hydrogen-bond acceptors (Lipinski definition) is 4. The number of nitrogens with one attached hydrogen (secondary N) is 2. The third kappa shape index (κ3) is 5.18. The average molecular weight is 322 g/mol.